The molecule has 150 valence electrons. The molecule has 1 aliphatic carbocycles. The minimum Gasteiger partial charge on any atom is -0.358 e. The van der Waals surface area contributed by atoms with Crippen molar-refractivity contribution in [1.82, 2.24) is 9.55 Å². The van der Waals surface area contributed by atoms with Crippen LogP contribution in [0.1, 0.15) is 29.5 Å². The van der Waals surface area contributed by atoms with Crippen molar-refractivity contribution in [2.24, 2.45) is 0 Å². The van der Waals surface area contributed by atoms with Crippen molar-refractivity contribution in [3.05, 3.63) is 105 Å². The Morgan fingerprint density at radius 3 is 2.43 bits per heavy atom. The molecule has 3 aromatic rings. The van der Waals surface area contributed by atoms with Gasteiger partial charge in [-0.15, -0.1) is 0 Å². The summed E-state index contributed by atoms with van der Waals surface area (Å²) >= 11 is 0. The molecule has 0 radical (unpaired) electrons. The summed E-state index contributed by atoms with van der Waals surface area (Å²) in [7, 11) is 0. The number of rotatable bonds is 5. The van der Waals surface area contributed by atoms with Crippen LogP contribution >= 0.6 is 0 Å². The van der Waals surface area contributed by atoms with Gasteiger partial charge in [0, 0.05) is 18.1 Å². The third-order valence-corrected chi connectivity index (χ3v) is 5.18. The Bertz CT molecular complexity index is 1170. The number of nitro benzene ring substituents is 1. The van der Waals surface area contributed by atoms with Crippen LogP contribution in [0.15, 0.2) is 73.2 Å². The highest BCUT2D eigenvalue weighted by Gasteiger charge is 2.36. The second kappa shape index (κ2) is 7.70. The van der Waals surface area contributed by atoms with Crippen molar-refractivity contribution in [1.29, 1.82) is 0 Å². The van der Waals surface area contributed by atoms with E-state index in [9.17, 15) is 25.0 Å². The van der Waals surface area contributed by atoms with Gasteiger partial charge in [0.05, 0.1) is 4.92 Å². The predicted octanol–water partition coefficient (Wildman–Crippen LogP) is 4.08. The van der Waals surface area contributed by atoms with Gasteiger partial charge in [-0.25, -0.2) is 0 Å². The SMILES string of the molecule is O=C1C=C(c2ccccc2)C[C@@H](c2cccc([N+](=O)[O-])c2)[C@@H]1n1cnc([N+](=O)[O-])c1. The number of ketones is 1. The highest BCUT2D eigenvalue weighted by Crippen LogP contribution is 2.43. The summed E-state index contributed by atoms with van der Waals surface area (Å²) in [4.78, 5) is 38.1. The van der Waals surface area contributed by atoms with E-state index in [4.69, 9.17) is 0 Å². The second-order valence-electron chi connectivity index (χ2n) is 6.98. The molecule has 0 bridgehead atoms. The number of imidazole rings is 1. The summed E-state index contributed by atoms with van der Waals surface area (Å²) in [6.07, 6.45) is 4.45. The predicted molar refractivity (Wildman–Crippen MR) is 108 cm³/mol. The normalized spacial score (nSPS) is 18.7. The van der Waals surface area contributed by atoms with E-state index < -0.39 is 21.8 Å². The lowest BCUT2D eigenvalue weighted by Crippen LogP contribution is -2.28. The van der Waals surface area contributed by atoms with Crippen molar-refractivity contribution in [3.63, 3.8) is 0 Å². The van der Waals surface area contributed by atoms with Crippen molar-refractivity contribution in [2.75, 3.05) is 0 Å². The van der Waals surface area contributed by atoms with Gasteiger partial charge in [0.2, 0.25) is 6.33 Å². The molecule has 1 heterocycles. The molecule has 4 rings (SSSR count). The molecule has 1 aliphatic rings. The van der Waals surface area contributed by atoms with E-state index in [0.717, 1.165) is 11.1 Å². The monoisotopic (exact) mass is 404 g/mol. The first-order valence-electron chi connectivity index (χ1n) is 9.16. The molecule has 0 unspecified atom stereocenters. The number of nitrogens with zero attached hydrogens (tertiary/aromatic N) is 4. The Balaban J connectivity index is 1.82. The molecular formula is C21H16N4O5. The highest BCUT2D eigenvalue weighted by molar-refractivity contribution is 6.02. The number of hydrogen-bond donors (Lipinski definition) is 0. The molecule has 0 spiro atoms. The lowest BCUT2D eigenvalue weighted by atomic mass is 9.77. The fraction of sp³-hybridized carbons (Fsp3) is 0.143. The Morgan fingerprint density at radius 2 is 1.77 bits per heavy atom. The van der Waals surface area contributed by atoms with Gasteiger partial charge in [0.1, 0.15) is 12.2 Å². The first-order valence-corrected chi connectivity index (χ1v) is 9.16. The molecule has 0 amide bonds. The lowest BCUT2D eigenvalue weighted by molar-refractivity contribution is -0.389. The standard InChI is InChI=1S/C21H16N4O5/c26-19-11-16(14-5-2-1-3-6-14)10-18(15-7-4-8-17(9-15)24(27)28)21(19)23-12-20(22-13-23)25(29)30/h1-9,11-13,18,21H,10H2/t18-,21-/m0/s1. The fourth-order valence-electron chi connectivity index (χ4n) is 3.81. The zero-order valence-corrected chi connectivity index (χ0v) is 15.6. The summed E-state index contributed by atoms with van der Waals surface area (Å²) in [6, 6.07) is 14.8. The molecule has 1 aromatic heterocycles. The topological polar surface area (TPSA) is 121 Å². The van der Waals surface area contributed by atoms with Crippen LogP contribution in [0.2, 0.25) is 0 Å². The summed E-state index contributed by atoms with van der Waals surface area (Å²) in [5.74, 6) is -1.06. The van der Waals surface area contributed by atoms with Crippen molar-refractivity contribution in [2.45, 2.75) is 18.4 Å². The fourth-order valence-corrected chi connectivity index (χ4v) is 3.81. The summed E-state index contributed by atoms with van der Waals surface area (Å²) in [5, 5.41) is 22.3. The van der Waals surface area contributed by atoms with Crippen molar-refractivity contribution < 1.29 is 14.6 Å². The van der Waals surface area contributed by atoms with Crippen molar-refractivity contribution in [3.8, 4) is 0 Å². The van der Waals surface area contributed by atoms with Crippen molar-refractivity contribution >= 4 is 22.9 Å². The van der Waals surface area contributed by atoms with Crippen LogP contribution in [0.25, 0.3) is 5.57 Å². The van der Waals surface area contributed by atoms with Crippen LogP contribution in [-0.4, -0.2) is 25.2 Å². The Hall–Kier alpha value is -4.14. The van der Waals surface area contributed by atoms with Crippen LogP contribution in [0.5, 0.6) is 0 Å². The Morgan fingerprint density at radius 1 is 1.00 bits per heavy atom. The molecule has 0 saturated heterocycles. The van der Waals surface area contributed by atoms with Crippen LogP contribution < -0.4 is 0 Å². The van der Waals surface area contributed by atoms with E-state index in [1.165, 1.54) is 29.2 Å². The van der Waals surface area contributed by atoms with Crippen LogP contribution in [-0.2, 0) is 4.79 Å². The van der Waals surface area contributed by atoms with E-state index in [-0.39, 0.29) is 17.3 Å². The average molecular weight is 404 g/mol. The average Bonchev–Trinajstić information content (AvgIpc) is 3.24. The number of carbonyl (C=O) groups is 1. The summed E-state index contributed by atoms with van der Waals surface area (Å²) in [6.45, 7) is 0. The van der Waals surface area contributed by atoms with Gasteiger partial charge < -0.3 is 10.1 Å². The van der Waals surface area contributed by atoms with Crippen LogP contribution in [0.4, 0.5) is 11.5 Å². The smallest absolute Gasteiger partial charge is 0.358 e. The lowest BCUT2D eigenvalue weighted by Gasteiger charge is -2.31. The molecule has 0 N–H and O–H groups in total. The first-order chi connectivity index (χ1) is 14.4. The van der Waals surface area contributed by atoms with Gasteiger partial charge in [0.15, 0.2) is 5.78 Å². The maximum atomic E-state index is 13.1. The quantitative estimate of drug-likeness (QED) is 0.466. The molecular weight excluding hydrogens is 388 g/mol. The second-order valence-corrected chi connectivity index (χ2v) is 6.98. The van der Waals surface area contributed by atoms with E-state index in [2.05, 4.69) is 4.98 Å². The van der Waals surface area contributed by atoms with Gasteiger partial charge in [-0.1, -0.05) is 42.5 Å². The number of hydrogen-bond acceptors (Lipinski definition) is 6. The maximum Gasteiger partial charge on any atom is 0.381 e. The van der Waals surface area contributed by atoms with E-state index in [1.807, 2.05) is 30.3 Å². The zero-order valence-electron chi connectivity index (χ0n) is 15.6. The molecule has 2 atom stereocenters. The van der Waals surface area contributed by atoms with Gasteiger partial charge in [0.25, 0.3) is 5.69 Å². The summed E-state index contributed by atoms with van der Waals surface area (Å²) in [5.41, 5.74) is 2.23. The molecule has 9 heteroatoms. The minimum absolute atomic E-state index is 0.0777. The van der Waals surface area contributed by atoms with Crippen LogP contribution in [0.3, 0.4) is 0 Å². The molecule has 30 heavy (non-hydrogen) atoms. The number of nitro groups is 2. The molecule has 9 nitrogen and oxygen atoms in total. The minimum atomic E-state index is -0.791. The van der Waals surface area contributed by atoms with Gasteiger partial charge in [-0.3, -0.25) is 19.5 Å². The summed E-state index contributed by atoms with van der Waals surface area (Å²) < 4.78 is 1.42. The molecule has 2 aromatic carbocycles. The van der Waals surface area contributed by atoms with E-state index in [1.54, 1.807) is 18.2 Å². The van der Waals surface area contributed by atoms with Crippen LogP contribution in [0, 0.1) is 20.2 Å². The number of non-ortho nitro benzene ring substituents is 1. The number of carbonyl (C=O) groups excluding carboxylic acids is 1. The van der Waals surface area contributed by atoms with Gasteiger partial charge in [-0.05, 0) is 39.1 Å². The first kappa shape index (κ1) is 19.2. The maximum absolute atomic E-state index is 13.1. The van der Waals surface area contributed by atoms with E-state index in [0.29, 0.717) is 12.0 Å². The number of allylic oxidation sites excluding steroid dienone is 2. The van der Waals surface area contributed by atoms with Gasteiger partial charge in [-0.2, -0.15) is 0 Å². The highest BCUT2D eigenvalue weighted by atomic mass is 16.6. The number of benzene rings is 2. The third kappa shape index (κ3) is 3.60. The number of aromatic nitrogens is 2. The molecule has 0 saturated carbocycles. The third-order valence-electron chi connectivity index (χ3n) is 5.18. The Kier molecular flexibility index (Phi) is 4.93. The molecule has 0 fully saturated rings. The zero-order chi connectivity index (χ0) is 21.3. The Labute approximate surface area is 170 Å². The van der Waals surface area contributed by atoms with E-state index >= 15 is 0 Å². The van der Waals surface area contributed by atoms with Gasteiger partial charge >= 0.3 is 5.82 Å². The molecule has 0 aliphatic heterocycles. The largest absolute Gasteiger partial charge is 0.381 e.